The van der Waals surface area contributed by atoms with Gasteiger partial charge in [-0.05, 0) is 42.7 Å². The van der Waals surface area contributed by atoms with E-state index in [4.69, 9.17) is 11.6 Å². The highest BCUT2D eigenvalue weighted by Crippen LogP contribution is 2.28. The number of carbonyl (C=O) groups is 1. The molecule has 3 nitrogen and oxygen atoms in total. The fourth-order valence-corrected chi connectivity index (χ4v) is 3.88. The lowest BCUT2D eigenvalue weighted by Gasteiger charge is -2.21. The number of benzene rings is 2. The number of carbonyl (C=O) groups excluding carboxylic acids is 1. The summed E-state index contributed by atoms with van der Waals surface area (Å²) in [7, 11) is 0. The van der Waals surface area contributed by atoms with E-state index in [-0.39, 0.29) is 5.91 Å². The van der Waals surface area contributed by atoms with E-state index in [1.807, 2.05) is 42.5 Å². The molecule has 1 aliphatic heterocycles. The van der Waals surface area contributed by atoms with Crippen LogP contribution in [0, 0.1) is 0 Å². The minimum Gasteiger partial charge on any atom is -0.370 e. The largest absolute Gasteiger partial charge is 0.370 e. The molecule has 3 rings (SSSR count). The normalized spacial score (nSPS) is 14.0. The van der Waals surface area contributed by atoms with Gasteiger partial charge in [-0.3, -0.25) is 4.79 Å². The summed E-state index contributed by atoms with van der Waals surface area (Å²) < 4.78 is 0. The Hall–Kier alpha value is -1.65. The van der Waals surface area contributed by atoms with Crippen LogP contribution in [0.2, 0.25) is 5.02 Å². The highest BCUT2D eigenvalue weighted by atomic mass is 35.5. The van der Waals surface area contributed by atoms with Gasteiger partial charge in [0.25, 0.3) is 0 Å². The summed E-state index contributed by atoms with van der Waals surface area (Å²) in [5, 5.41) is 3.79. The number of anilines is 2. The lowest BCUT2D eigenvalue weighted by molar-refractivity contribution is -0.113. The van der Waals surface area contributed by atoms with Crippen LogP contribution in [0.3, 0.4) is 0 Å². The Morgan fingerprint density at radius 3 is 2.71 bits per heavy atom. The van der Waals surface area contributed by atoms with Crippen molar-refractivity contribution in [3.63, 3.8) is 0 Å². The highest BCUT2D eigenvalue weighted by Gasteiger charge is 2.16. The molecule has 5 heteroatoms. The maximum Gasteiger partial charge on any atom is 0.234 e. The van der Waals surface area contributed by atoms with E-state index in [0.717, 1.165) is 40.8 Å². The number of hydrogen-bond donors (Lipinski definition) is 1. The third-order valence-corrected chi connectivity index (χ3v) is 5.25. The van der Waals surface area contributed by atoms with Crippen LogP contribution >= 0.6 is 23.4 Å². The minimum atomic E-state index is 0.0358. The molecule has 0 aromatic heterocycles. The average molecular weight is 361 g/mol. The number of nitrogens with zero attached hydrogens (tertiary/aromatic N) is 1. The van der Waals surface area contributed by atoms with Crippen LogP contribution in [0.4, 0.5) is 11.4 Å². The molecule has 0 saturated carbocycles. The number of para-hydroxylation sites is 2. The molecule has 1 amide bonds. The zero-order chi connectivity index (χ0) is 16.8. The Kier molecular flexibility index (Phi) is 6.05. The summed E-state index contributed by atoms with van der Waals surface area (Å²) >= 11 is 7.58. The van der Waals surface area contributed by atoms with Crippen LogP contribution < -0.4 is 10.2 Å². The van der Waals surface area contributed by atoms with E-state index < -0.39 is 0 Å². The number of hydrogen-bond acceptors (Lipinski definition) is 3. The topological polar surface area (TPSA) is 32.3 Å². The summed E-state index contributed by atoms with van der Waals surface area (Å²) in [6, 6.07) is 15.8. The highest BCUT2D eigenvalue weighted by molar-refractivity contribution is 7.99. The molecule has 0 spiro atoms. The predicted molar refractivity (Wildman–Crippen MR) is 104 cm³/mol. The molecular weight excluding hydrogens is 340 g/mol. The fraction of sp³-hybridized carbons (Fsp3) is 0.316. The van der Waals surface area contributed by atoms with Crippen LogP contribution in [0.1, 0.15) is 18.4 Å². The monoisotopic (exact) mass is 360 g/mol. The van der Waals surface area contributed by atoms with Crippen molar-refractivity contribution in [2.45, 2.75) is 18.6 Å². The molecule has 1 N–H and O–H groups in total. The molecular formula is C19H21ClN2OS. The third-order valence-electron chi connectivity index (χ3n) is 4.02. The first-order valence-corrected chi connectivity index (χ1v) is 9.72. The quantitative estimate of drug-likeness (QED) is 0.802. The zero-order valence-electron chi connectivity index (χ0n) is 13.5. The van der Waals surface area contributed by atoms with Gasteiger partial charge in [0.2, 0.25) is 5.91 Å². The molecule has 1 heterocycles. The molecule has 0 radical (unpaired) electrons. The van der Waals surface area contributed by atoms with Gasteiger partial charge in [0.15, 0.2) is 0 Å². The van der Waals surface area contributed by atoms with E-state index in [2.05, 4.69) is 16.3 Å². The van der Waals surface area contributed by atoms with Crippen molar-refractivity contribution in [2.75, 3.05) is 29.1 Å². The Labute approximate surface area is 152 Å². The molecule has 2 aromatic rings. The van der Waals surface area contributed by atoms with Crippen molar-refractivity contribution >= 4 is 40.6 Å². The van der Waals surface area contributed by atoms with Crippen LogP contribution in [-0.2, 0) is 10.5 Å². The number of halogens is 1. The molecule has 24 heavy (non-hydrogen) atoms. The number of nitrogens with one attached hydrogen (secondary N) is 1. The van der Waals surface area contributed by atoms with E-state index in [1.54, 1.807) is 11.8 Å². The summed E-state index contributed by atoms with van der Waals surface area (Å²) in [5.41, 5.74) is 3.17. The van der Waals surface area contributed by atoms with Crippen LogP contribution in [0.25, 0.3) is 0 Å². The Balaban J connectivity index is 1.53. The smallest absolute Gasteiger partial charge is 0.234 e. The number of thioether (sulfide) groups is 1. The molecule has 0 aliphatic carbocycles. The molecule has 0 bridgehead atoms. The first kappa shape index (κ1) is 17.2. The Morgan fingerprint density at radius 2 is 1.92 bits per heavy atom. The average Bonchev–Trinajstić information content (AvgIpc) is 3.10. The van der Waals surface area contributed by atoms with E-state index in [1.165, 1.54) is 12.8 Å². The zero-order valence-corrected chi connectivity index (χ0v) is 15.1. The second kappa shape index (κ2) is 8.45. The van der Waals surface area contributed by atoms with Crippen LogP contribution in [-0.4, -0.2) is 24.7 Å². The third kappa shape index (κ3) is 4.68. The Bertz CT molecular complexity index is 701. The Morgan fingerprint density at radius 1 is 1.12 bits per heavy atom. The van der Waals surface area contributed by atoms with Gasteiger partial charge in [-0.25, -0.2) is 0 Å². The standard InChI is InChI=1S/C19H21ClN2OS/c20-16-7-5-6-15(12-16)13-24-14-19(23)21-17-8-1-2-9-18(17)22-10-3-4-11-22/h1-2,5-9,12H,3-4,10-11,13-14H2,(H,21,23). The molecule has 0 atom stereocenters. The van der Waals surface area contributed by atoms with Crippen molar-refractivity contribution in [1.29, 1.82) is 0 Å². The van der Waals surface area contributed by atoms with E-state index in [0.29, 0.717) is 5.75 Å². The van der Waals surface area contributed by atoms with Crippen LogP contribution in [0.5, 0.6) is 0 Å². The SMILES string of the molecule is O=C(CSCc1cccc(Cl)c1)Nc1ccccc1N1CCCC1. The minimum absolute atomic E-state index is 0.0358. The van der Waals surface area contributed by atoms with Crippen molar-refractivity contribution in [3.05, 3.63) is 59.1 Å². The predicted octanol–water partition coefficient (Wildman–Crippen LogP) is 4.81. The summed E-state index contributed by atoms with van der Waals surface area (Å²) in [6.07, 6.45) is 2.44. The second-order valence-corrected chi connectivity index (χ2v) is 7.30. The van der Waals surface area contributed by atoms with Gasteiger partial charge >= 0.3 is 0 Å². The van der Waals surface area contributed by atoms with Crippen molar-refractivity contribution in [2.24, 2.45) is 0 Å². The van der Waals surface area contributed by atoms with Gasteiger partial charge in [0, 0.05) is 23.9 Å². The molecule has 0 unspecified atom stereocenters. The first-order valence-electron chi connectivity index (χ1n) is 8.18. The summed E-state index contributed by atoms with van der Waals surface area (Å²) in [6.45, 7) is 2.13. The maximum atomic E-state index is 12.3. The van der Waals surface area contributed by atoms with Gasteiger partial charge < -0.3 is 10.2 Å². The van der Waals surface area contributed by atoms with Gasteiger partial charge in [-0.1, -0.05) is 35.9 Å². The van der Waals surface area contributed by atoms with E-state index >= 15 is 0 Å². The first-order chi connectivity index (χ1) is 11.7. The van der Waals surface area contributed by atoms with Crippen LogP contribution in [0.15, 0.2) is 48.5 Å². The van der Waals surface area contributed by atoms with Crippen molar-refractivity contribution in [1.82, 2.24) is 0 Å². The fourth-order valence-electron chi connectivity index (χ4n) is 2.89. The maximum absolute atomic E-state index is 12.3. The molecule has 2 aromatic carbocycles. The number of rotatable bonds is 6. The number of amides is 1. The lowest BCUT2D eigenvalue weighted by atomic mass is 10.2. The van der Waals surface area contributed by atoms with Gasteiger partial charge in [0.05, 0.1) is 17.1 Å². The lowest BCUT2D eigenvalue weighted by Crippen LogP contribution is -2.21. The van der Waals surface area contributed by atoms with Gasteiger partial charge in [0.1, 0.15) is 0 Å². The molecule has 126 valence electrons. The van der Waals surface area contributed by atoms with E-state index in [9.17, 15) is 4.79 Å². The molecule has 1 fully saturated rings. The summed E-state index contributed by atoms with van der Waals surface area (Å²) in [5.74, 6) is 1.25. The van der Waals surface area contributed by atoms with Gasteiger partial charge in [-0.15, -0.1) is 11.8 Å². The van der Waals surface area contributed by atoms with Crippen molar-refractivity contribution in [3.8, 4) is 0 Å². The van der Waals surface area contributed by atoms with Crippen molar-refractivity contribution < 1.29 is 4.79 Å². The molecule has 1 saturated heterocycles. The second-order valence-electron chi connectivity index (χ2n) is 5.88. The molecule has 1 aliphatic rings. The van der Waals surface area contributed by atoms with Gasteiger partial charge in [-0.2, -0.15) is 0 Å². The summed E-state index contributed by atoms with van der Waals surface area (Å²) in [4.78, 5) is 14.6.